The van der Waals surface area contributed by atoms with Crippen molar-refractivity contribution in [3.63, 3.8) is 0 Å². The Kier molecular flexibility index (Phi) is 4.21. The molecule has 2 nitrogen and oxygen atoms in total. The number of carbonyl (C=O) groups excluding carboxylic acids is 1. The van der Waals surface area contributed by atoms with Gasteiger partial charge in [-0.05, 0) is 43.0 Å². The first-order valence-electron chi connectivity index (χ1n) is 6.50. The Morgan fingerprint density at radius 3 is 2.71 bits per heavy atom. The van der Waals surface area contributed by atoms with E-state index in [2.05, 4.69) is 19.2 Å². The third kappa shape index (κ3) is 3.32. The quantitative estimate of drug-likeness (QED) is 0.872. The average Bonchev–Trinajstić information content (AvgIpc) is 2.83. The summed E-state index contributed by atoms with van der Waals surface area (Å²) in [6.45, 7) is 4.47. The fraction of sp³-hybridized carbons (Fsp3) is 0.643. The second-order valence-electron chi connectivity index (χ2n) is 5.29. The van der Waals surface area contributed by atoms with Gasteiger partial charge < -0.3 is 5.32 Å². The molecule has 0 bridgehead atoms. The van der Waals surface area contributed by atoms with E-state index < -0.39 is 0 Å². The van der Waals surface area contributed by atoms with Crippen LogP contribution in [0.5, 0.6) is 0 Å². The fourth-order valence-corrected chi connectivity index (χ4v) is 3.22. The second kappa shape index (κ2) is 5.67. The number of rotatable bonds is 3. The molecule has 0 aromatic carbocycles. The molecule has 1 N–H and O–H groups in total. The van der Waals surface area contributed by atoms with E-state index in [4.69, 9.17) is 0 Å². The van der Waals surface area contributed by atoms with Gasteiger partial charge in [0.2, 0.25) is 0 Å². The molecule has 94 valence electrons. The summed E-state index contributed by atoms with van der Waals surface area (Å²) in [5.74, 6) is 1.61. The van der Waals surface area contributed by atoms with Gasteiger partial charge in [-0.2, -0.15) is 11.3 Å². The Hall–Kier alpha value is -0.830. The van der Waals surface area contributed by atoms with Crippen molar-refractivity contribution in [2.45, 2.75) is 45.6 Å². The molecular weight excluding hydrogens is 230 g/mol. The van der Waals surface area contributed by atoms with Crippen molar-refractivity contribution in [2.75, 3.05) is 0 Å². The molecular formula is C14H21NOS. The summed E-state index contributed by atoms with van der Waals surface area (Å²) >= 11 is 1.57. The maximum atomic E-state index is 11.9. The van der Waals surface area contributed by atoms with Crippen molar-refractivity contribution in [1.82, 2.24) is 5.32 Å². The van der Waals surface area contributed by atoms with E-state index in [0.717, 1.165) is 11.5 Å². The van der Waals surface area contributed by atoms with Crippen LogP contribution in [-0.2, 0) is 0 Å². The number of hydrogen-bond acceptors (Lipinski definition) is 2. The van der Waals surface area contributed by atoms with Gasteiger partial charge in [-0.25, -0.2) is 0 Å². The predicted octanol–water partition coefficient (Wildman–Crippen LogP) is 3.69. The highest BCUT2D eigenvalue weighted by molar-refractivity contribution is 7.08. The summed E-state index contributed by atoms with van der Waals surface area (Å²) in [5, 5.41) is 6.99. The Bertz CT molecular complexity index is 352. The summed E-state index contributed by atoms with van der Waals surface area (Å²) < 4.78 is 0. The van der Waals surface area contributed by atoms with E-state index in [1.165, 1.54) is 25.7 Å². The molecule has 1 aliphatic carbocycles. The molecule has 0 aliphatic heterocycles. The van der Waals surface area contributed by atoms with Crippen LogP contribution in [0.1, 0.15) is 49.9 Å². The lowest BCUT2D eigenvalue weighted by atomic mass is 9.79. The van der Waals surface area contributed by atoms with Crippen molar-refractivity contribution in [2.24, 2.45) is 11.8 Å². The largest absolute Gasteiger partial charge is 0.349 e. The minimum absolute atomic E-state index is 0.0809. The van der Waals surface area contributed by atoms with Gasteiger partial charge >= 0.3 is 0 Å². The summed E-state index contributed by atoms with van der Waals surface area (Å²) in [4.78, 5) is 11.9. The number of amides is 1. The molecule has 1 aliphatic rings. The highest BCUT2D eigenvalue weighted by atomic mass is 32.1. The van der Waals surface area contributed by atoms with Gasteiger partial charge in [0.15, 0.2) is 0 Å². The van der Waals surface area contributed by atoms with Crippen LogP contribution < -0.4 is 5.32 Å². The first-order chi connectivity index (χ1) is 8.16. The Morgan fingerprint density at radius 1 is 1.41 bits per heavy atom. The van der Waals surface area contributed by atoms with Crippen molar-refractivity contribution < 1.29 is 4.79 Å². The van der Waals surface area contributed by atoms with Crippen molar-refractivity contribution in [3.05, 3.63) is 22.4 Å². The summed E-state index contributed by atoms with van der Waals surface area (Å²) in [7, 11) is 0. The number of hydrogen-bond donors (Lipinski definition) is 1. The third-order valence-corrected chi connectivity index (χ3v) is 4.59. The van der Waals surface area contributed by atoms with Gasteiger partial charge in [0.05, 0.1) is 0 Å². The van der Waals surface area contributed by atoms with Crippen LogP contribution in [0.25, 0.3) is 0 Å². The van der Waals surface area contributed by atoms with Crippen molar-refractivity contribution in [3.8, 4) is 0 Å². The SMILES string of the molecule is CC1CCC(C(C)NC(=O)c2ccsc2)CC1. The molecule has 0 radical (unpaired) electrons. The highest BCUT2D eigenvalue weighted by Crippen LogP contribution is 2.30. The normalized spacial score (nSPS) is 26.5. The lowest BCUT2D eigenvalue weighted by molar-refractivity contribution is 0.0916. The second-order valence-corrected chi connectivity index (χ2v) is 6.07. The third-order valence-electron chi connectivity index (χ3n) is 3.91. The minimum atomic E-state index is 0.0809. The van der Waals surface area contributed by atoms with E-state index >= 15 is 0 Å². The van der Waals surface area contributed by atoms with Crippen LogP contribution >= 0.6 is 11.3 Å². The zero-order valence-corrected chi connectivity index (χ0v) is 11.4. The van der Waals surface area contributed by atoms with Gasteiger partial charge in [0, 0.05) is 17.0 Å². The molecule has 1 atom stereocenters. The van der Waals surface area contributed by atoms with Gasteiger partial charge in [0.1, 0.15) is 0 Å². The summed E-state index contributed by atoms with van der Waals surface area (Å²) in [5.41, 5.74) is 0.797. The van der Waals surface area contributed by atoms with Gasteiger partial charge in [0.25, 0.3) is 5.91 Å². The van der Waals surface area contributed by atoms with Gasteiger partial charge in [-0.1, -0.05) is 19.8 Å². The predicted molar refractivity (Wildman–Crippen MR) is 72.4 cm³/mol. The van der Waals surface area contributed by atoms with Crippen molar-refractivity contribution >= 4 is 17.2 Å². The van der Waals surface area contributed by atoms with E-state index in [1.807, 2.05) is 16.8 Å². The zero-order chi connectivity index (χ0) is 12.3. The van der Waals surface area contributed by atoms with Crippen LogP contribution in [0.4, 0.5) is 0 Å². The van der Waals surface area contributed by atoms with Gasteiger partial charge in [-0.15, -0.1) is 0 Å². The Labute approximate surface area is 107 Å². The van der Waals surface area contributed by atoms with Crippen LogP contribution in [0.15, 0.2) is 16.8 Å². The maximum absolute atomic E-state index is 11.9. The minimum Gasteiger partial charge on any atom is -0.349 e. The molecule has 1 aromatic heterocycles. The molecule has 2 rings (SSSR count). The maximum Gasteiger partial charge on any atom is 0.252 e. The molecule has 0 spiro atoms. The molecule has 1 amide bonds. The lowest BCUT2D eigenvalue weighted by Crippen LogP contribution is -2.39. The number of carbonyl (C=O) groups is 1. The van der Waals surface area contributed by atoms with E-state index in [1.54, 1.807) is 11.3 Å². The average molecular weight is 251 g/mol. The number of thiophene rings is 1. The monoisotopic (exact) mass is 251 g/mol. The van der Waals surface area contributed by atoms with Crippen molar-refractivity contribution in [1.29, 1.82) is 0 Å². The highest BCUT2D eigenvalue weighted by Gasteiger charge is 2.24. The van der Waals surface area contributed by atoms with Crippen LogP contribution in [0, 0.1) is 11.8 Å². The van der Waals surface area contributed by atoms with E-state index in [0.29, 0.717) is 12.0 Å². The fourth-order valence-electron chi connectivity index (χ4n) is 2.59. The number of nitrogens with one attached hydrogen (secondary N) is 1. The standard InChI is InChI=1S/C14H21NOS/c1-10-3-5-12(6-4-10)11(2)15-14(16)13-7-8-17-9-13/h7-12H,3-6H2,1-2H3,(H,15,16). The first kappa shape index (κ1) is 12.6. The molecule has 1 unspecified atom stereocenters. The zero-order valence-electron chi connectivity index (χ0n) is 10.6. The topological polar surface area (TPSA) is 29.1 Å². The lowest BCUT2D eigenvalue weighted by Gasteiger charge is -2.31. The molecule has 1 fully saturated rings. The van der Waals surface area contributed by atoms with E-state index in [-0.39, 0.29) is 5.91 Å². The molecule has 1 aromatic rings. The molecule has 1 saturated carbocycles. The van der Waals surface area contributed by atoms with E-state index in [9.17, 15) is 4.79 Å². The molecule has 0 saturated heterocycles. The summed E-state index contributed by atoms with van der Waals surface area (Å²) in [6.07, 6.45) is 5.13. The van der Waals surface area contributed by atoms with Crippen LogP contribution in [0.3, 0.4) is 0 Å². The van der Waals surface area contributed by atoms with Crippen LogP contribution in [-0.4, -0.2) is 11.9 Å². The Morgan fingerprint density at radius 2 is 2.12 bits per heavy atom. The Balaban J connectivity index is 1.84. The summed E-state index contributed by atoms with van der Waals surface area (Å²) in [6, 6.07) is 2.19. The first-order valence-corrected chi connectivity index (χ1v) is 7.44. The molecule has 17 heavy (non-hydrogen) atoms. The van der Waals surface area contributed by atoms with Gasteiger partial charge in [-0.3, -0.25) is 4.79 Å². The molecule has 3 heteroatoms. The molecule has 1 heterocycles. The van der Waals surface area contributed by atoms with Crippen LogP contribution in [0.2, 0.25) is 0 Å². The smallest absolute Gasteiger partial charge is 0.252 e.